The number of anilines is 1. The van der Waals surface area contributed by atoms with Crippen LogP contribution in [0.3, 0.4) is 0 Å². The van der Waals surface area contributed by atoms with Crippen LogP contribution in [0.4, 0.5) is 5.69 Å². The highest BCUT2D eigenvalue weighted by atomic mass is 16.1. The van der Waals surface area contributed by atoms with Crippen LogP contribution < -0.4 is 11.1 Å². The fourth-order valence-electron chi connectivity index (χ4n) is 2.76. The summed E-state index contributed by atoms with van der Waals surface area (Å²) >= 11 is 0. The molecule has 1 aromatic carbocycles. The van der Waals surface area contributed by atoms with Crippen molar-refractivity contribution in [3.63, 3.8) is 0 Å². The Morgan fingerprint density at radius 2 is 2.10 bits per heavy atom. The van der Waals surface area contributed by atoms with Crippen LogP contribution in [0.2, 0.25) is 0 Å². The number of nitrogen functional groups attached to an aromatic ring is 1. The molecular weight excluding hydrogens is 250 g/mol. The third-order valence-electron chi connectivity index (χ3n) is 4.24. The van der Waals surface area contributed by atoms with Crippen LogP contribution in [0.5, 0.6) is 0 Å². The summed E-state index contributed by atoms with van der Waals surface area (Å²) in [4.78, 5) is 14.4. The largest absolute Gasteiger partial charge is 0.398 e. The van der Waals surface area contributed by atoms with Crippen LogP contribution in [-0.2, 0) is 0 Å². The van der Waals surface area contributed by atoms with Crippen molar-refractivity contribution in [1.29, 1.82) is 0 Å². The second kappa shape index (κ2) is 6.75. The first-order valence-corrected chi connectivity index (χ1v) is 7.42. The van der Waals surface area contributed by atoms with E-state index in [1.165, 1.54) is 25.7 Å². The quantitative estimate of drug-likeness (QED) is 0.810. The molecule has 0 aromatic heterocycles. The lowest BCUT2D eigenvalue weighted by Crippen LogP contribution is -2.37. The zero-order valence-corrected chi connectivity index (χ0v) is 12.5. The van der Waals surface area contributed by atoms with E-state index in [0.29, 0.717) is 23.8 Å². The van der Waals surface area contributed by atoms with E-state index in [-0.39, 0.29) is 5.91 Å². The highest BCUT2D eigenvalue weighted by Crippen LogP contribution is 2.21. The van der Waals surface area contributed by atoms with Gasteiger partial charge in [-0.2, -0.15) is 0 Å². The molecule has 0 saturated heterocycles. The smallest absolute Gasteiger partial charge is 0.251 e. The maximum absolute atomic E-state index is 12.0. The number of hydrogen-bond acceptors (Lipinski definition) is 3. The standard InChI is InChI=1S/C16H25N3O/c1-12-7-8-13(11-15(12)17)16(20)18-9-10-19(2)14-5-3-4-6-14/h7-8,11,14H,3-6,9-10,17H2,1-2H3,(H,18,20). The molecule has 0 aliphatic heterocycles. The molecule has 4 nitrogen and oxygen atoms in total. The van der Waals surface area contributed by atoms with Gasteiger partial charge in [-0.15, -0.1) is 0 Å². The Labute approximate surface area is 121 Å². The van der Waals surface area contributed by atoms with Gasteiger partial charge in [-0.3, -0.25) is 4.79 Å². The number of rotatable bonds is 5. The third kappa shape index (κ3) is 3.73. The summed E-state index contributed by atoms with van der Waals surface area (Å²) in [7, 11) is 2.14. The van der Waals surface area contributed by atoms with Crippen molar-refractivity contribution in [2.45, 2.75) is 38.6 Å². The molecular formula is C16H25N3O. The molecule has 110 valence electrons. The molecule has 1 aliphatic rings. The lowest BCUT2D eigenvalue weighted by molar-refractivity contribution is 0.0947. The van der Waals surface area contributed by atoms with Crippen LogP contribution in [0.15, 0.2) is 18.2 Å². The molecule has 2 rings (SSSR count). The molecule has 3 N–H and O–H groups in total. The molecule has 1 aromatic rings. The fraction of sp³-hybridized carbons (Fsp3) is 0.562. The number of carbonyl (C=O) groups is 1. The normalized spacial score (nSPS) is 15.8. The van der Waals surface area contributed by atoms with Gasteiger partial charge < -0.3 is 16.0 Å². The van der Waals surface area contributed by atoms with Gasteiger partial charge in [-0.05, 0) is 44.5 Å². The number of nitrogens with zero attached hydrogens (tertiary/aromatic N) is 1. The first-order valence-electron chi connectivity index (χ1n) is 7.42. The molecule has 0 heterocycles. The molecule has 0 atom stereocenters. The Bertz CT molecular complexity index is 467. The molecule has 0 spiro atoms. The highest BCUT2D eigenvalue weighted by Gasteiger charge is 2.19. The molecule has 1 saturated carbocycles. The van der Waals surface area contributed by atoms with Crippen molar-refractivity contribution in [3.8, 4) is 0 Å². The van der Waals surface area contributed by atoms with Crippen LogP contribution in [0.25, 0.3) is 0 Å². The maximum atomic E-state index is 12.0. The first kappa shape index (κ1) is 14.9. The first-order chi connectivity index (χ1) is 9.58. The van der Waals surface area contributed by atoms with Gasteiger partial charge >= 0.3 is 0 Å². The molecule has 1 amide bonds. The Kier molecular flexibility index (Phi) is 5.01. The third-order valence-corrected chi connectivity index (χ3v) is 4.24. The predicted molar refractivity (Wildman–Crippen MR) is 82.8 cm³/mol. The number of carbonyl (C=O) groups excluding carboxylic acids is 1. The zero-order valence-electron chi connectivity index (χ0n) is 12.5. The summed E-state index contributed by atoms with van der Waals surface area (Å²) in [5.41, 5.74) is 8.14. The average molecular weight is 275 g/mol. The van der Waals surface area contributed by atoms with Gasteiger partial charge in [0.2, 0.25) is 0 Å². The topological polar surface area (TPSA) is 58.4 Å². The van der Waals surface area contributed by atoms with Crippen LogP contribution in [0, 0.1) is 6.92 Å². The molecule has 20 heavy (non-hydrogen) atoms. The number of nitrogens with one attached hydrogen (secondary N) is 1. The van der Waals surface area contributed by atoms with Crippen molar-refractivity contribution in [2.24, 2.45) is 0 Å². The van der Waals surface area contributed by atoms with Gasteiger partial charge in [0.25, 0.3) is 5.91 Å². The second-order valence-corrected chi connectivity index (χ2v) is 5.75. The van der Waals surface area contributed by atoms with Gasteiger partial charge in [-0.1, -0.05) is 18.9 Å². The summed E-state index contributed by atoms with van der Waals surface area (Å²) in [6.07, 6.45) is 5.26. The van der Waals surface area contributed by atoms with E-state index in [2.05, 4.69) is 17.3 Å². The molecule has 0 unspecified atom stereocenters. The number of aryl methyl sites for hydroxylation is 1. The van der Waals surface area contributed by atoms with Crippen LogP contribution in [0.1, 0.15) is 41.6 Å². The van der Waals surface area contributed by atoms with E-state index in [0.717, 1.165) is 12.1 Å². The van der Waals surface area contributed by atoms with E-state index in [1.54, 1.807) is 6.07 Å². The molecule has 4 heteroatoms. The van der Waals surface area contributed by atoms with Crippen LogP contribution >= 0.6 is 0 Å². The van der Waals surface area contributed by atoms with E-state index < -0.39 is 0 Å². The number of hydrogen-bond donors (Lipinski definition) is 2. The maximum Gasteiger partial charge on any atom is 0.251 e. The highest BCUT2D eigenvalue weighted by molar-refractivity contribution is 5.95. The van der Waals surface area contributed by atoms with Crippen LogP contribution in [-0.4, -0.2) is 37.0 Å². The van der Waals surface area contributed by atoms with Gasteiger partial charge in [0.05, 0.1) is 0 Å². The lowest BCUT2D eigenvalue weighted by atomic mass is 10.1. The predicted octanol–water partition coefficient (Wildman–Crippen LogP) is 2.18. The Morgan fingerprint density at radius 3 is 2.75 bits per heavy atom. The number of nitrogens with two attached hydrogens (primary N) is 1. The molecule has 1 aliphatic carbocycles. The minimum absolute atomic E-state index is 0.0449. The molecule has 0 radical (unpaired) electrons. The van der Waals surface area contributed by atoms with E-state index in [4.69, 9.17) is 5.73 Å². The van der Waals surface area contributed by atoms with Crippen molar-refractivity contribution in [2.75, 3.05) is 25.9 Å². The Hall–Kier alpha value is -1.55. The summed E-state index contributed by atoms with van der Waals surface area (Å²) in [5, 5.41) is 2.96. The van der Waals surface area contributed by atoms with E-state index in [1.807, 2.05) is 19.1 Å². The number of benzene rings is 1. The van der Waals surface area contributed by atoms with Crippen molar-refractivity contribution >= 4 is 11.6 Å². The summed E-state index contributed by atoms with van der Waals surface area (Å²) in [5.74, 6) is -0.0449. The summed E-state index contributed by atoms with van der Waals surface area (Å²) < 4.78 is 0. The van der Waals surface area contributed by atoms with Gasteiger partial charge in [0.1, 0.15) is 0 Å². The van der Waals surface area contributed by atoms with Gasteiger partial charge in [-0.25, -0.2) is 0 Å². The van der Waals surface area contributed by atoms with Crippen molar-refractivity contribution < 1.29 is 4.79 Å². The fourth-order valence-corrected chi connectivity index (χ4v) is 2.76. The minimum Gasteiger partial charge on any atom is -0.398 e. The lowest BCUT2D eigenvalue weighted by Gasteiger charge is -2.23. The van der Waals surface area contributed by atoms with Crippen molar-refractivity contribution in [1.82, 2.24) is 10.2 Å². The SMILES string of the molecule is Cc1ccc(C(=O)NCCN(C)C2CCCC2)cc1N. The number of amides is 1. The Balaban J connectivity index is 1.78. The minimum atomic E-state index is -0.0449. The molecule has 1 fully saturated rings. The second-order valence-electron chi connectivity index (χ2n) is 5.75. The van der Waals surface area contributed by atoms with Gasteiger partial charge in [0, 0.05) is 30.4 Å². The molecule has 0 bridgehead atoms. The van der Waals surface area contributed by atoms with Gasteiger partial charge in [0.15, 0.2) is 0 Å². The van der Waals surface area contributed by atoms with E-state index >= 15 is 0 Å². The Morgan fingerprint density at radius 1 is 1.40 bits per heavy atom. The van der Waals surface area contributed by atoms with Crippen molar-refractivity contribution in [3.05, 3.63) is 29.3 Å². The van der Waals surface area contributed by atoms with E-state index in [9.17, 15) is 4.79 Å². The zero-order chi connectivity index (χ0) is 14.5. The monoisotopic (exact) mass is 275 g/mol. The number of likely N-dealkylation sites (N-methyl/N-ethyl adjacent to an activating group) is 1. The summed E-state index contributed by atoms with van der Waals surface area (Å²) in [6, 6.07) is 6.14. The average Bonchev–Trinajstić information content (AvgIpc) is 2.95. The summed E-state index contributed by atoms with van der Waals surface area (Å²) in [6.45, 7) is 3.52.